The molecular formula is C27H39N5O6S. The number of benzene rings is 2. The van der Waals surface area contributed by atoms with Crippen molar-refractivity contribution >= 4 is 35.0 Å². The van der Waals surface area contributed by atoms with Crippen molar-refractivity contribution in [3.63, 3.8) is 0 Å². The van der Waals surface area contributed by atoms with Crippen molar-refractivity contribution in [1.29, 1.82) is 0 Å². The number of aromatic hydroxyl groups is 1. The van der Waals surface area contributed by atoms with E-state index >= 15 is 0 Å². The number of fused-ring (bicyclic) bond motifs is 1. The number of terminal acetylenes is 1. The highest BCUT2D eigenvalue weighted by Crippen LogP contribution is 2.32. The van der Waals surface area contributed by atoms with Gasteiger partial charge in [-0.15, -0.1) is 12.8 Å². The van der Waals surface area contributed by atoms with E-state index in [2.05, 4.69) is 48.3 Å². The predicted octanol–water partition coefficient (Wildman–Crippen LogP) is 3.75. The first-order valence-corrected chi connectivity index (χ1v) is 13.0. The summed E-state index contributed by atoms with van der Waals surface area (Å²) in [5.41, 5.74) is 7.57. The van der Waals surface area contributed by atoms with E-state index in [4.69, 9.17) is 19.8 Å². The zero-order valence-corrected chi connectivity index (χ0v) is 24.1. The standard InChI is InChI=1S/C17H18N4O5S.C5H12.C3H7NO.C2H2/c1-10-3-2-4-12(15(10)22)20-16(18)17(21-27(23)24)19-8-11-5-6-13-14(7-11)26-9-25-13;1-4-5(2)3;1-4(2)3-5;1-2/h2-7,22H,8-9H2,1H3,(H2,18,20)(H,19,21)(H,23,24);5H,4H2,1-3H3;3H,1-2H3;1-2H. The summed E-state index contributed by atoms with van der Waals surface area (Å²) in [5, 5.41) is 10.0. The number of aryl methyl sites for hydroxylation is 1. The Labute approximate surface area is 233 Å². The minimum Gasteiger partial charge on any atom is -0.505 e. The van der Waals surface area contributed by atoms with E-state index in [1.807, 2.05) is 0 Å². The molecule has 1 heterocycles. The van der Waals surface area contributed by atoms with E-state index in [1.165, 1.54) is 11.3 Å². The number of nitrogens with two attached hydrogens (primary N) is 1. The number of para-hydroxylation sites is 1. The number of nitrogens with zero attached hydrogens (tertiary/aromatic N) is 3. The van der Waals surface area contributed by atoms with Gasteiger partial charge in [0.1, 0.15) is 11.4 Å². The second-order valence-corrected chi connectivity index (χ2v) is 9.22. The maximum Gasteiger partial charge on any atom is 0.260 e. The van der Waals surface area contributed by atoms with Gasteiger partial charge in [-0.2, -0.15) is 0 Å². The number of nitrogens with one attached hydrogen (secondary N) is 1. The van der Waals surface area contributed by atoms with E-state index in [9.17, 15) is 14.1 Å². The number of carbonyl (C=O) groups is 1. The summed E-state index contributed by atoms with van der Waals surface area (Å²) in [5.74, 6) is 1.90. The molecule has 1 atom stereocenters. The third kappa shape index (κ3) is 13.9. The number of amidine groups is 2. The number of hydrogen-bond acceptors (Lipinski definition) is 7. The molecule has 2 aromatic carbocycles. The smallest absolute Gasteiger partial charge is 0.260 e. The lowest BCUT2D eigenvalue weighted by atomic mass is 10.2. The predicted molar refractivity (Wildman–Crippen MR) is 157 cm³/mol. The van der Waals surface area contributed by atoms with Gasteiger partial charge < -0.3 is 25.2 Å². The molecule has 1 aliphatic rings. The van der Waals surface area contributed by atoms with Crippen LogP contribution in [-0.2, 0) is 22.6 Å². The summed E-state index contributed by atoms with van der Waals surface area (Å²) in [7, 11) is 3.38. The molecular weight excluding hydrogens is 522 g/mol. The highest BCUT2D eigenvalue weighted by molar-refractivity contribution is 7.77. The first kappa shape index (κ1) is 34.9. The lowest BCUT2D eigenvalue weighted by Crippen LogP contribution is -2.37. The van der Waals surface area contributed by atoms with Crippen LogP contribution >= 0.6 is 0 Å². The molecule has 1 aliphatic heterocycles. The Morgan fingerprint density at radius 1 is 1.23 bits per heavy atom. The van der Waals surface area contributed by atoms with E-state index in [1.54, 1.807) is 57.4 Å². The fraction of sp³-hybridized carbons (Fsp3) is 0.370. The minimum atomic E-state index is -2.39. The summed E-state index contributed by atoms with van der Waals surface area (Å²) in [4.78, 5) is 19.2. The van der Waals surface area contributed by atoms with E-state index in [0.717, 1.165) is 17.9 Å². The van der Waals surface area contributed by atoms with Crippen molar-refractivity contribution in [2.75, 3.05) is 20.9 Å². The number of amides is 1. The van der Waals surface area contributed by atoms with Gasteiger partial charge in [-0.25, -0.2) is 9.20 Å². The summed E-state index contributed by atoms with van der Waals surface area (Å²) in [6, 6.07) is 10.3. The van der Waals surface area contributed by atoms with Crippen molar-refractivity contribution in [3.8, 4) is 30.1 Å². The number of hydrogen-bond donors (Lipinski definition) is 4. The maximum absolute atomic E-state index is 11.2. The van der Waals surface area contributed by atoms with Crippen molar-refractivity contribution < 1.29 is 28.1 Å². The van der Waals surface area contributed by atoms with Crippen LogP contribution in [0.25, 0.3) is 0 Å². The monoisotopic (exact) mass is 561 g/mol. The second-order valence-electron chi connectivity index (χ2n) is 8.51. The van der Waals surface area contributed by atoms with Crippen molar-refractivity contribution in [2.45, 2.75) is 40.7 Å². The second kappa shape index (κ2) is 19.1. The fourth-order valence-electron chi connectivity index (χ4n) is 2.37. The van der Waals surface area contributed by atoms with E-state index < -0.39 is 11.3 Å². The Morgan fingerprint density at radius 2 is 1.82 bits per heavy atom. The Bertz CT molecular complexity index is 1150. The maximum atomic E-state index is 11.2. The molecule has 3 rings (SSSR count). The molecule has 12 heteroatoms. The highest BCUT2D eigenvalue weighted by Gasteiger charge is 2.14. The molecule has 1 unspecified atom stereocenters. The molecule has 1 amide bonds. The van der Waals surface area contributed by atoms with Gasteiger partial charge in [-0.1, -0.05) is 45.4 Å². The first-order valence-electron chi connectivity index (χ1n) is 11.9. The summed E-state index contributed by atoms with van der Waals surface area (Å²) in [6.07, 6.45) is 10.1. The number of aliphatic imine (C=N–C) groups is 2. The normalized spacial score (nSPS) is 12.5. The molecule has 0 aliphatic carbocycles. The number of phenolic OH excluding ortho intramolecular Hbond substituents is 1. The van der Waals surface area contributed by atoms with Gasteiger partial charge in [0.2, 0.25) is 13.2 Å². The zero-order valence-electron chi connectivity index (χ0n) is 23.2. The number of carbonyl (C=O) groups excluding carboxylic acids is 1. The van der Waals surface area contributed by atoms with Crippen LogP contribution in [0.4, 0.5) is 5.69 Å². The Balaban J connectivity index is 0.00000102. The van der Waals surface area contributed by atoms with Gasteiger partial charge in [-0.05, 0) is 42.2 Å². The quantitative estimate of drug-likeness (QED) is 0.137. The van der Waals surface area contributed by atoms with Crippen LogP contribution in [0, 0.1) is 25.7 Å². The number of phenols is 1. The van der Waals surface area contributed by atoms with Gasteiger partial charge in [0.15, 0.2) is 23.2 Å². The van der Waals surface area contributed by atoms with Crippen molar-refractivity contribution in [2.24, 2.45) is 21.6 Å². The summed E-state index contributed by atoms with van der Waals surface area (Å²) >= 11 is -2.39. The number of ether oxygens (including phenoxy) is 2. The lowest BCUT2D eigenvalue weighted by molar-refractivity contribution is -0.115. The SMILES string of the molecule is C#C.CCC(C)C.CN(C)C=O.Cc1cccc(N=C(N)C(=NCc2ccc3c(c2)OCO3)NS(=O)O)c1O. The van der Waals surface area contributed by atoms with Crippen molar-refractivity contribution in [1.82, 2.24) is 9.62 Å². The Kier molecular flexibility index (Phi) is 17.1. The fourth-order valence-corrected chi connectivity index (χ4v) is 2.71. The van der Waals surface area contributed by atoms with Gasteiger partial charge in [-0.3, -0.25) is 19.1 Å². The van der Waals surface area contributed by atoms with Crippen LogP contribution in [0.5, 0.6) is 17.2 Å². The average Bonchev–Trinajstić information content (AvgIpc) is 3.38. The molecule has 5 N–H and O–H groups in total. The van der Waals surface area contributed by atoms with Crippen LogP contribution in [0.15, 0.2) is 46.4 Å². The zero-order chi connectivity index (χ0) is 30.0. The third-order valence-corrected chi connectivity index (χ3v) is 5.14. The van der Waals surface area contributed by atoms with Crippen molar-refractivity contribution in [3.05, 3.63) is 47.5 Å². The summed E-state index contributed by atoms with van der Waals surface area (Å²) in [6.45, 7) is 8.69. The van der Waals surface area contributed by atoms with Crippen LogP contribution < -0.4 is 19.9 Å². The molecule has 0 aromatic heterocycles. The minimum absolute atomic E-state index is 0.0271. The first-order chi connectivity index (χ1) is 18.5. The van der Waals surface area contributed by atoms with E-state index in [0.29, 0.717) is 17.1 Å². The molecule has 0 spiro atoms. The lowest BCUT2D eigenvalue weighted by Gasteiger charge is -2.08. The Hall–Kier alpha value is -4.08. The summed E-state index contributed by atoms with van der Waals surface area (Å²) < 4.78 is 33.1. The number of rotatable bonds is 6. The van der Waals surface area contributed by atoms with E-state index in [-0.39, 0.29) is 36.4 Å². The largest absolute Gasteiger partial charge is 0.505 e. The molecule has 11 nitrogen and oxygen atoms in total. The van der Waals surface area contributed by atoms with Crippen LogP contribution in [0.2, 0.25) is 0 Å². The van der Waals surface area contributed by atoms with Gasteiger partial charge in [0, 0.05) is 14.1 Å². The van der Waals surface area contributed by atoms with Gasteiger partial charge in [0.25, 0.3) is 11.3 Å². The highest BCUT2D eigenvalue weighted by atomic mass is 32.2. The third-order valence-electron chi connectivity index (χ3n) is 4.77. The van der Waals surface area contributed by atoms with Crippen LogP contribution in [0.1, 0.15) is 38.3 Å². The van der Waals surface area contributed by atoms with Crippen LogP contribution in [-0.4, -0.2) is 57.7 Å². The molecule has 0 saturated carbocycles. The van der Waals surface area contributed by atoms with Gasteiger partial charge in [0.05, 0.1) is 6.54 Å². The molecule has 0 bridgehead atoms. The molecule has 0 radical (unpaired) electrons. The average molecular weight is 562 g/mol. The molecule has 214 valence electrons. The Morgan fingerprint density at radius 3 is 2.36 bits per heavy atom. The van der Waals surface area contributed by atoms with Crippen LogP contribution in [0.3, 0.4) is 0 Å². The molecule has 39 heavy (non-hydrogen) atoms. The van der Waals surface area contributed by atoms with Gasteiger partial charge >= 0.3 is 0 Å². The topological polar surface area (TPSA) is 159 Å². The molecule has 0 fully saturated rings. The molecule has 2 aromatic rings. The molecule has 0 saturated heterocycles.